The number of likely N-dealkylation sites (tertiary alicyclic amines) is 1. The third-order valence-electron chi connectivity index (χ3n) is 5.83. The fourth-order valence-electron chi connectivity index (χ4n) is 4.13. The van der Waals surface area contributed by atoms with Crippen LogP contribution in [0, 0.1) is 5.92 Å². The molecule has 0 radical (unpaired) electrons. The van der Waals surface area contributed by atoms with Crippen molar-refractivity contribution in [2.24, 2.45) is 10.9 Å². The molecule has 1 aromatic rings. The highest BCUT2D eigenvalue weighted by Gasteiger charge is 2.20. The molecule has 168 valence electrons. The van der Waals surface area contributed by atoms with Crippen LogP contribution in [0.3, 0.4) is 0 Å². The molecule has 0 aromatic heterocycles. The predicted molar refractivity (Wildman–Crippen MR) is 125 cm³/mol. The Bertz CT molecular complexity index is 639. The van der Waals surface area contributed by atoms with E-state index < -0.39 is 0 Å². The molecule has 2 aliphatic rings. The number of halogens is 1. The third kappa shape index (κ3) is 8.06. The van der Waals surface area contributed by atoms with Gasteiger partial charge in [-0.3, -0.25) is 14.8 Å². The average Bonchev–Trinajstić information content (AvgIpc) is 2.76. The number of aliphatic imine (C=N–C) groups is 1. The van der Waals surface area contributed by atoms with E-state index in [0.29, 0.717) is 12.0 Å². The fourth-order valence-corrected chi connectivity index (χ4v) is 4.25. The highest BCUT2D eigenvalue weighted by atomic mass is 35.5. The summed E-state index contributed by atoms with van der Waals surface area (Å²) in [5.41, 5.74) is 1.33. The number of piperidine rings is 1. The van der Waals surface area contributed by atoms with Gasteiger partial charge in [-0.15, -0.1) is 0 Å². The summed E-state index contributed by atoms with van der Waals surface area (Å²) in [4.78, 5) is 9.89. The van der Waals surface area contributed by atoms with Crippen LogP contribution in [0.2, 0.25) is 5.02 Å². The molecule has 2 saturated heterocycles. The van der Waals surface area contributed by atoms with Crippen LogP contribution in [0.5, 0.6) is 0 Å². The highest BCUT2D eigenvalue weighted by Crippen LogP contribution is 2.16. The Morgan fingerprint density at radius 2 is 1.83 bits per heavy atom. The Morgan fingerprint density at radius 1 is 1.13 bits per heavy atom. The number of nitrogens with zero attached hydrogens (tertiary/aromatic N) is 3. The molecule has 2 N–H and O–H groups in total. The summed E-state index contributed by atoms with van der Waals surface area (Å²) in [7, 11) is 0. The first kappa shape index (κ1) is 23.3. The molecule has 0 spiro atoms. The maximum absolute atomic E-state index is 6.00. The average molecular weight is 436 g/mol. The smallest absolute Gasteiger partial charge is 0.191 e. The van der Waals surface area contributed by atoms with Gasteiger partial charge in [-0.25, -0.2) is 0 Å². The van der Waals surface area contributed by atoms with Crippen LogP contribution >= 0.6 is 11.6 Å². The highest BCUT2D eigenvalue weighted by molar-refractivity contribution is 6.30. The molecule has 30 heavy (non-hydrogen) atoms. The van der Waals surface area contributed by atoms with E-state index in [9.17, 15) is 0 Å². The van der Waals surface area contributed by atoms with Crippen molar-refractivity contribution in [3.05, 3.63) is 34.9 Å². The van der Waals surface area contributed by atoms with Crippen LogP contribution in [0.1, 0.15) is 32.3 Å². The van der Waals surface area contributed by atoms with E-state index in [1.165, 1.54) is 5.56 Å². The van der Waals surface area contributed by atoms with E-state index in [1.54, 1.807) is 0 Å². The van der Waals surface area contributed by atoms with Crippen molar-refractivity contribution in [2.75, 3.05) is 59.0 Å². The molecular formula is C23H38ClN5O. The Balaban J connectivity index is 1.41. The summed E-state index contributed by atoms with van der Waals surface area (Å²) in [6.07, 6.45) is 2.28. The fraction of sp³-hybridized carbons (Fsp3) is 0.696. The summed E-state index contributed by atoms with van der Waals surface area (Å²) in [5.74, 6) is 1.50. The topological polar surface area (TPSA) is 52.1 Å². The molecule has 1 unspecified atom stereocenters. The normalized spacial score (nSPS) is 20.8. The minimum atomic E-state index is 0.485. The van der Waals surface area contributed by atoms with Gasteiger partial charge in [-0.1, -0.05) is 30.7 Å². The van der Waals surface area contributed by atoms with Crippen molar-refractivity contribution < 1.29 is 4.74 Å². The van der Waals surface area contributed by atoms with Gasteiger partial charge in [0.1, 0.15) is 0 Å². The van der Waals surface area contributed by atoms with Crippen molar-refractivity contribution in [2.45, 2.75) is 39.3 Å². The molecule has 6 nitrogen and oxygen atoms in total. The summed E-state index contributed by atoms with van der Waals surface area (Å²) >= 11 is 6.00. The molecule has 2 heterocycles. The minimum absolute atomic E-state index is 0.485. The first-order valence-corrected chi connectivity index (χ1v) is 11.8. The van der Waals surface area contributed by atoms with Gasteiger partial charge in [-0.2, -0.15) is 0 Å². The standard InChI is InChI=1S/C23H38ClN5O/c1-3-25-23(26-16-19(2)17-29-12-14-30-15-13-29)27-22-8-10-28(11-9-22)18-20-4-6-21(24)7-5-20/h4-7,19,22H,3,8-18H2,1-2H3,(H2,25,26,27). The number of ether oxygens (including phenoxy) is 1. The van der Waals surface area contributed by atoms with Crippen molar-refractivity contribution in [3.8, 4) is 0 Å². The van der Waals surface area contributed by atoms with Crippen molar-refractivity contribution >= 4 is 17.6 Å². The van der Waals surface area contributed by atoms with E-state index in [0.717, 1.165) is 89.4 Å². The van der Waals surface area contributed by atoms with Gasteiger partial charge in [0.05, 0.1) is 13.2 Å². The first-order chi connectivity index (χ1) is 14.6. The lowest BCUT2D eigenvalue weighted by Gasteiger charge is -2.33. The third-order valence-corrected chi connectivity index (χ3v) is 6.08. The number of guanidine groups is 1. The Labute approximate surface area is 187 Å². The molecular weight excluding hydrogens is 398 g/mol. The number of rotatable bonds is 8. The van der Waals surface area contributed by atoms with Gasteiger partial charge in [0.2, 0.25) is 0 Å². The van der Waals surface area contributed by atoms with Crippen LogP contribution in [0.4, 0.5) is 0 Å². The van der Waals surface area contributed by atoms with E-state index >= 15 is 0 Å². The second-order valence-corrected chi connectivity index (χ2v) is 9.00. The second kappa shape index (κ2) is 12.5. The van der Waals surface area contributed by atoms with Crippen LogP contribution in [0.25, 0.3) is 0 Å². The quantitative estimate of drug-likeness (QED) is 0.485. The molecule has 1 aromatic carbocycles. The van der Waals surface area contributed by atoms with E-state index in [4.69, 9.17) is 21.3 Å². The molecule has 0 bridgehead atoms. The second-order valence-electron chi connectivity index (χ2n) is 8.56. The summed E-state index contributed by atoms with van der Waals surface area (Å²) in [6.45, 7) is 14.3. The number of benzene rings is 1. The zero-order valence-electron chi connectivity index (χ0n) is 18.6. The number of nitrogens with one attached hydrogen (secondary N) is 2. The van der Waals surface area contributed by atoms with Gasteiger partial charge in [0, 0.05) is 63.4 Å². The van der Waals surface area contributed by atoms with E-state index in [1.807, 2.05) is 12.1 Å². The van der Waals surface area contributed by atoms with Gasteiger partial charge in [-0.05, 0) is 43.4 Å². The summed E-state index contributed by atoms with van der Waals surface area (Å²) in [6, 6.07) is 8.69. The molecule has 7 heteroatoms. The van der Waals surface area contributed by atoms with E-state index in [2.05, 4.69) is 46.4 Å². The lowest BCUT2D eigenvalue weighted by Crippen LogP contribution is -2.48. The van der Waals surface area contributed by atoms with Crippen LogP contribution in [-0.2, 0) is 11.3 Å². The monoisotopic (exact) mass is 435 g/mol. The molecule has 0 amide bonds. The Morgan fingerprint density at radius 3 is 2.50 bits per heavy atom. The van der Waals surface area contributed by atoms with E-state index in [-0.39, 0.29) is 0 Å². The lowest BCUT2D eigenvalue weighted by atomic mass is 10.0. The molecule has 1 atom stereocenters. The summed E-state index contributed by atoms with van der Waals surface area (Å²) < 4.78 is 5.44. The zero-order chi connectivity index (χ0) is 21.2. The number of hydrogen-bond donors (Lipinski definition) is 2. The maximum Gasteiger partial charge on any atom is 0.191 e. The molecule has 0 saturated carbocycles. The SMILES string of the molecule is CCNC(=NCC(C)CN1CCOCC1)NC1CCN(Cc2ccc(Cl)cc2)CC1. The van der Waals surface area contributed by atoms with Gasteiger partial charge < -0.3 is 15.4 Å². The minimum Gasteiger partial charge on any atom is -0.379 e. The molecule has 0 aliphatic carbocycles. The maximum atomic E-state index is 6.00. The molecule has 2 aliphatic heterocycles. The number of morpholine rings is 1. The lowest BCUT2D eigenvalue weighted by molar-refractivity contribution is 0.0323. The van der Waals surface area contributed by atoms with Gasteiger partial charge >= 0.3 is 0 Å². The summed E-state index contributed by atoms with van der Waals surface area (Å²) in [5, 5.41) is 7.90. The first-order valence-electron chi connectivity index (χ1n) is 11.4. The van der Waals surface area contributed by atoms with Crippen LogP contribution < -0.4 is 10.6 Å². The van der Waals surface area contributed by atoms with Crippen LogP contribution in [-0.4, -0.2) is 80.8 Å². The number of hydrogen-bond acceptors (Lipinski definition) is 4. The zero-order valence-corrected chi connectivity index (χ0v) is 19.3. The van der Waals surface area contributed by atoms with Crippen molar-refractivity contribution in [3.63, 3.8) is 0 Å². The van der Waals surface area contributed by atoms with Crippen LogP contribution in [0.15, 0.2) is 29.3 Å². The Hall–Kier alpha value is -1.34. The molecule has 3 rings (SSSR count). The molecule has 2 fully saturated rings. The van der Waals surface area contributed by atoms with Crippen molar-refractivity contribution in [1.82, 2.24) is 20.4 Å². The largest absolute Gasteiger partial charge is 0.379 e. The predicted octanol–water partition coefficient (Wildman–Crippen LogP) is 2.83. The van der Waals surface area contributed by atoms with Crippen molar-refractivity contribution in [1.29, 1.82) is 0 Å². The van der Waals surface area contributed by atoms with Gasteiger partial charge in [0.25, 0.3) is 0 Å². The van der Waals surface area contributed by atoms with Gasteiger partial charge in [0.15, 0.2) is 5.96 Å². The Kier molecular flexibility index (Phi) is 9.72.